The number of aryl methyl sites for hydroxylation is 1. The molecule has 2 aromatic rings. The molecule has 1 N–H and O–H groups in total. The van der Waals surface area contributed by atoms with Crippen molar-refractivity contribution in [2.24, 2.45) is 0 Å². The molecule has 0 unspecified atom stereocenters. The Morgan fingerprint density at radius 1 is 1.13 bits per heavy atom. The quantitative estimate of drug-likeness (QED) is 0.944. The van der Waals surface area contributed by atoms with Crippen molar-refractivity contribution in [3.8, 4) is 0 Å². The van der Waals surface area contributed by atoms with Crippen LogP contribution >= 0.6 is 0 Å². The summed E-state index contributed by atoms with van der Waals surface area (Å²) < 4.78 is 5.37. The van der Waals surface area contributed by atoms with Crippen LogP contribution in [0.4, 0.5) is 4.79 Å². The van der Waals surface area contributed by atoms with E-state index in [1.807, 2.05) is 17.0 Å². The molecule has 2 amide bonds. The topological polar surface area (TPSA) is 48.7 Å². The average molecular weight is 313 g/mol. The second-order valence-electron chi connectivity index (χ2n) is 5.99. The van der Waals surface area contributed by atoms with Crippen LogP contribution in [0, 0.1) is 6.92 Å². The normalized spacial score (nSPS) is 15.6. The summed E-state index contributed by atoms with van der Waals surface area (Å²) in [6, 6.07) is 12.1. The Hall–Kier alpha value is -2.27. The van der Waals surface area contributed by atoms with E-state index in [0.717, 1.165) is 44.0 Å². The number of nitrogens with zero attached hydrogens (tertiary/aromatic N) is 2. The molecule has 0 bridgehead atoms. The minimum absolute atomic E-state index is 0.0169. The molecule has 1 saturated heterocycles. The first-order valence-corrected chi connectivity index (χ1v) is 8.04. The van der Waals surface area contributed by atoms with E-state index in [4.69, 9.17) is 4.42 Å². The maximum Gasteiger partial charge on any atom is 0.317 e. The largest absolute Gasteiger partial charge is 0.468 e. The summed E-state index contributed by atoms with van der Waals surface area (Å²) in [5, 5.41) is 3.00. The Kier molecular flexibility index (Phi) is 4.98. The van der Waals surface area contributed by atoms with Crippen molar-refractivity contribution in [3.63, 3.8) is 0 Å². The van der Waals surface area contributed by atoms with Crippen molar-refractivity contribution >= 4 is 6.03 Å². The van der Waals surface area contributed by atoms with Crippen LogP contribution in [0.5, 0.6) is 0 Å². The van der Waals surface area contributed by atoms with Gasteiger partial charge in [-0.3, -0.25) is 4.90 Å². The lowest BCUT2D eigenvalue weighted by Crippen LogP contribution is -2.51. The number of benzene rings is 1. The minimum atomic E-state index is 0.0169. The van der Waals surface area contributed by atoms with Gasteiger partial charge in [0.2, 0.25) is 0 Å². The summed E-state index contributed by atoms with van der Waals surface area (Å²) in [7, 11) is 0. The van der Waals surface area contributed by atoms with E-state index in [9.17, 15) is 4.79 Å². The van der Waals surface area contributed by atoms with Gasteiger partial charge >= 0.3 is 6.03 Å². The van der Waals surface area contributed by atoms with Gasteiger partial charge in [-0.05, 0) is 24.6 Å². The predicted molar refractivity (Wildman–Crippen MR) is 89.0 cm³/mol. The summed E-state index contributed by atoms with van der Waals surface area (Å²) >= 11 is 0. The molecule has 3 rings (SSSR count). The van der Waals surface area contributed by atoms with Crippen molar-refractivity contribution in [1.82, 2.24) is 15.1 Å². The molecular formula is C18H23N3O2. The number of carbonyl (C=O) groups excluding carboxylic acids is 1. The van der Waals surface area contributed by atoms with Gasteiger partial charge in [0.05, 0.1) is 12.8 Å². The molecule has 0 saturated carbocycles. The summed E-state index contributed by atoms with van der Waals surface area (Å²) in [6.45, 7) is 6.69. The number of amides is 2. The summed E-state index contributed by atoms with van der Waals surface area (Å²) in [5.74, 6) is 0.974. The molecule has 1 aromatic heterocycles. The number of piperazine rings is 1. The van der Waals surface area contributed by atoms with Crippen molar-refractivity contribution in [3.05, 3.63) is 59.5 Å². The lowest BCUT2D eigenvalue weighted by atomic mass is 10.1. The van der Waals surface area contributed by atoms with E-state index in [0.29, 0.717) is 6.54 Å². The van der Waals surface area contributed by atoms with E-state index >= 15 is 0 Å². The smallest absolute Gasteiger partial charge is 0.317 e. The van der Waals surface area contributed by atoms with Crippen molar-refractivity contribution in [1.29, 1.82) is 0 Å². The Bertz CT molecular complexity index is 614. The van der Waals surface area contributed by atoms with E-state index in [1.54, 1.807) is 6.26 Å². The number of hydrogen-bond donors (Lipinski definition) is 1. The van der Waals surface area contributed by atoms with Gasteiger partial charge in [0, 0.05) is 32.7 Å². The van der Waals surface area contributed by atoms with Gasteiger partial charge in [0.25, 0.3) is 0 Å². The third-order valence-corrected chi connectivity index (χ3v) is 4.18. The standard InChI is InChI=1S/C18H23N3O2/c1-15-4-6-16(7-5-15)13-19-18(22)21-10-8-20(9-11-21)14-17-3-2-12-23-17/h2-7,12H,8-11,13-14H2,1H3,(H,19,22). The van der Waals surface area contributed by atoms with Gasteiger partial charge in [0.1, 0.15) is 5.76 Å². The highest BCUT2D eigenvalue weighted by Gasteiger charge is 2.21. The van der Waals surface area contributed by atoms with Gasteiger partial charge in [-0.25, -0.2) is 4.79 Å². The third kappa shape index (κ3) is 4.36. The fourth-order valence-corrected chi connectivity index (χ4v) is 2.73. The maximum atomic E-state index is 12.2. The highest BCUT2D eigenvalue weighted by Crippen LogP contribution is 2.09. The molecule has 5 nitrogen and oxygen atoms in total. The van der Waals surface area contributed by atoms with Crippen molar-refractivity contribution in [2.75, 3.05) is 26.2 Å². The Morgan fingerprint density at radius 3 is 2.52 bits per heavy atom. The van der Waals surface area contributed by atoms with Crippen LogP contribution in [0.25, 0.3) is 0 Å². The Balaban J connectivity index is 1.42. The van der Waals surface area contributed by atoms with Crippen LogP contribution in [-0.2, 0) is 13.1 Å². The molecule has 0 radical (unpaired) electrons. The number of carbonyl (C=O) groups is 1. The van der Waals surface area contributed by atoms with E-state index in [1.165, 1.54) is 5.56 Å². The average Bonchev–Trinajstić information content (AvgIpc) is 3.08. The van der Waals surface area contributed by atoms with Gasteiger partial charge in [-0.15, -0.1) is 0 Å². The second-order valence-corrected chi connectivity index (χ2v) is 5.99. The van der Waals surface area contributed by atoms with Crippen LogP contribution in [-0.4, -0.2) is 42.0 Å². The molecule has 0 atom stereocenters. The molecule has 2 heterocycles. The van der Waals surface area contributed by atoms with Crippen molar-refractivity contribution in [2.45, 2.75) is 20.0 Å². The lowest BCUT2D eigenvalue weighted by Gasteiger charge is -2.34. The zero-order valence-electron chi connectivity index (χ0n) is 13.5. The molecule has 0 aliphatic carbocycles. The molecule has 1 fully saturated rings. The van der Waals surface area contributed by atoms with Crippen molar-refractivity contribution < 1.29 is 9.21 Å². The number of hydrogen-bond acceptors (Lipinski definition) is 3. The van der Waals surface area contributed by atoms with Gasteiger partial charge in [0.15, 0.2) is 0 Å². The SMILES string of the molecule is Cc1ccc(CNC(=O)N2CCN(Cc3ccco3)CC2)cc1. The minimum Gasteiger partial charge on any atom is -0.468 e. The van der Waals surface area contributed by atoms with Gasteiger partial charge < -0.3 is 14.6 Å². The highest BCUT2D eigenvalue weighted by atomic mass is 16.3. The van der Waals surface area contributed by atoms with Crippen LogP contribution in [0.2, 0.25) is 0 Å². The Labute approximate surface area is 136 Å². The summed E-state index contributed by atoms with van der Waals surface area (Å²) in [6.07, 6.45) is 1.70. The number of rotatable bonds is 4. The number of urea groups is 1. The first kappa shape index (κ1) is 15.6. The van der Waals surface area contributed by atoms with Gasteiger partial charge in [-0.1, -0.05) is 29.8 Å². The van der Waals surface area contributed by atoms with E-state index < -0.39 is 0 Å². The Morgan fingerprint density at radius 2 is 1.87 bits per heavy atom. The molecule has 0 spiro atoms. The third-order valence-electron chi connectivity index (χ3n) is 4.18. The number of nitrogens with one attached hydrogen (secondary N) is 1. The predicted octanol–water partition coefficient (Wildman–Crippen LogP) is 2.62. The van der Waals surface area contributed by atoms with E-state index in [-0.39, 0.29) is 6.03 Å². The number of furan rings is 1. The van der Waals surface area contributed by atoms with Crippen LogP contribution < -0.4 is 5.32 Å². The second kappa shape index (κ2) is 7.33. The molecule has 1 aromatic carbocycles. The monoisotopic (exact) mass is 313 g/mol. The molecule has 23 heavy (non-hydrogen) atoms. The molecule has 5 heteroatoms. The zero-order chi connectivity index (χ0) is 16.1. The fourth-order valence-electron chi connectivity index (χ4n) is 2.73. The highest BCUT2D eigenvalue weighted by molar-refractivity contribution is 5.74. The summed E-state index contributed by atoms with van der Waals surface area (Å²) in [5.41, 5.74) is 2.35. The molecule has 1 aliphatic rings. The first-order valence-electron chi connectivity index (χ1n) is 8.04. The fraction of sp³-hybridized carbons (Fsp3) is 0.389. The van der Waals surface area contributed by atoms with Crippen LogP contribution in [0.3, 0.4) is 0 Å². The van der Waals surface area contributed by atoms with Crippen LogP contribution in [0.1, 0.15) is 16.9 Å². The molecule has 122 valence electrons. The van der Waals surface area contributed by atoms with E-state index in [2.05, 4.69) is 41.4 Å². The first-order chi connectivity index (χ1) is 11.2. The zero-order valence-corrected chi connectivity index (χ0v) is 13.5. The van der Waals surface area contributed by atoms with Gasteiger partial charge in [-0.2, -0.15) is 0 Å². The maximum absolute atomic E-state index is 12.2. The molecule has 1 aliphatic heterocycles. The van der Waals surface area contributed by atoms with Crippen LogP contribution in [0.15, 0.2) is 47.1 Å². The summed E-state index contributed by atoms with van der Waals surface area (Å²) in [4.78, 5) is 16.4. The molecular weight excluding hydrogens is 290 g/mol. The lowest BCUT2D eigenvalue weighted by molar-refractivity contribution is 0.130.